The van der Waals surface area contributed by atoms with Crippen LogP contribution in [-0.2, 0) is 22.4 Å². The smallest absolute Gasteiger partial charge is 0.341 e. The van der Waals surface area contributed by atoms with Crippen LogP contribution in [0.4, 0.5) is 5.00 Å². The van der Waals surface area contributed by atoms with Gasteiger partial charge in [0.25, 0.3) is 11.8 Å². The van der Waals surface area contributed by atoms with Crippen molar-refractivity contribution < 1.29 is 23.9 Å². The van der Waals surface area contributed by atoms with Gasteiger partial charge in [-0.2, -0.15) is 0 Å². The molecule has 0 saturated carbocycles. The first-order valence-electron chi connectivity index (χ1n) is 10.4. The highest BCUT2D eigenvalue weighted by Crippen LogP contribution is 2.40. The quantitative estimate of drug-likeness (QED) is 0.566. The molecule has 1 aliphatic carbocycles. The summed E-state index contributed by atoms with van der Waals surface area (Å²) in [5, 5.41) is 3.22. The molecule has 0 saturated heterocycles. The minimum atomic E-state index is -1.03. The fourth-order valence-electron chi connectivity index (χ4n) is 4.15. The molecule has 2 atom stereocenters. The monoisotopic (exact) mass is 440 g/mol. The van der Waals surface area contributed by atoms with Gasteiger partial charge >= 0.3 is 5.97 Å². The minimum absolute atomic E-state index is 0.235. The number of fused-ring (bicyclic) bond motifs is 2. The maximum absolute atomic E-state index is 13.0. The summed E-state index contributed by atoms with van der Waals surface area (Å²) in [7, 11) is 0. The van der Waals surface area contributed by atoms with E-state index in [9.17, 15) is 19.2 Å². The Morgan fingerprint density at radius 2 is 1.87 bits per heavy atom. The zero-order valence-corrected chi connectivity index (χ0v) is 18.5. The summed E-state index contributed by atoms with van der Waals surface area (Å²) in [6.45, 7) is 5.64. The van der Waals surface area contributed by atoms with Crippen LogP contribution in [0.2, 0.25) is 0 Å². The number of thiophene rings is 1. The zero-order chi connectivity index (χ0) is 22.3. The summed E-state index contributed by atoms with van der Waals surface area (Å²) >= 11 is 1.38. The Bertz CT molecular complexity index is 1050. The van der Waals surface area contributed by atoms with E-state index in [0.29, 0.717) is 27.6 Å². The Morgan fingerprint density at radius 3 is 2.48 bits per heavy atom. The summed E-state index contributed by atoms with van der Waals surface area (Å²) in [6, 6.07) is 5.49. The summed E-state index contributed by atoms with van der Waals surface area (Å²) in [5.41, 5.74) is 1.92. The van der Waals surface area contributed by atoms with Gasteiger partial charge in [0.2, 0.25) is 5.91 Å². The predicted octanol–water partition coefficient (Wildman–Crippen LogP) is 3.67. The number of nitrogens with zero attached hydrogens (tertiary/aromatic N) is 1. The Morgan fingerprint density at radius 1 is 1.23 bits per heavy atom. The number of carbonyl (C=O) groups excluding carboxylic acids is 4. The van der Waals surface area contributed by atoms with E-state index in [0.717, 1.165) is 34.6 Å². The predicted molar refractivity (Wildman–Crippen MR) is 116 cm³/mol. The Kier molecular flexibility index (Phi) is 5.66. The van der Waals surface area contributed by atoms with Crippen molar-refractivity contribution in [1.82, 2.24) is 4.90 Å². The molecule has 1 N–H and O–H groups in total. The SMILES string of the molecule is CCOC(=O)c1c(NC(=O)[C@H](C)N2C(=O)c3ccccc3C2=O)sc2c1CC[C@H](C)C2. The number of ether oxygens (including phenoxy) is 1. The fourth-order valence-corrected chi connectivity index (χ4v) is 5.55. The van der Waals surface area contributed by atoms with Crippen molar-refractivity contribution in [2.45, 2.75) is 46.1 Å². The first-order chi connectivity index (χ1) is 14.8. The normalized spacial score (nSPS) is 18.4. The molecule has 162 valence electrons. The number of imide groups is 1. The molecule has 3 amide bonds. The third-order valence-electron chi connectivity index (χ3n) is 5.82. The summed E-state index contributed by atoms with van der Waals surface area (Å²) < 4.78 is 5.24. The lowest BCUT2D eigenvalue weighted by molar-refractivity contribution is -0.119. The number of anilines is 1. The van der Waals surface area contributed by atoms with Crippen molar-refractivity contribution in [2.24, 2.45) is 5.92 Å². The van der Waals surface area contributed by atoms with Crippen LogP contribution < -0.4 is 5.32 Å². The average Bonchev–Trinajstić information content (AvgIpc) is 3.22. The number of amides is 3. The van der Waals surface area contributed by atoms with Gasteiger partial charge in [0.1, 0.15) is 11.0 Å². The van der Waals surface area contributed by atoms with Crippen LogP contribution in [-0.4, -0.2) is 41.2 Å². The van der Waals surface area contributed by atoms with Crippen LogP contribution >= 0.6 is 11.3 Å². The highest BCUT2D eigenvalue weighted by Gasteiger charge is 2.41. The molecule has 2 heterocycles. The molecule has 4 rings (SSSR count). The number of rotatable bonds is 5. The summed E-state index contributed by atoms with van der Waals surface area (Å²) in [6.07, 6.45) is 2.57. The van der Waals surface area contributed by atoms with Crippen molar-refractivity contribution in [3.05, 3.63) is 51.4 Å². The second kappa shape index (κ2) is 8.26. The van der Waals surface area contributed by atoms with Crippen LogP contribution in [0.1, 0.15) is 68.7 Å². The number of hydrogen-bond donors (Lipinski definition) is 1. The number of esters is 1. The average molecular weight is 441 g/mol. The third-order valence-corrected chi connectivity index (χ3v) is 6.99. The molecular weight excluding hydrogens is 416 g/mol. The lowest BCUT2D eigenvalue weighted by Crippen LogP contribution is -2.45. The van der Waals surface area contributed by atoms with Gasteiger partial charge < -0.3 is 10.1 Å². The molecule has 0 spiro atoms. The van der Waals surface area contributed by atoms with Gasteiger partial charge in [0.05, 0.1) is 23.3 Å². The third kappa shape index (κ3) is 3.65. The lowest BCUT2D eigenvalue weighted by atomic mass is 9.88. The molecular formula is C23H24N2O5S. The molecule has 8 heteroatoms. The molecule has 0 radical (unpaired) electrons. The van der Waals surface area contributed by atoms with Crippen LogP contribution in [0.3, 0.4) is 0 Å². The summed E-state index contributed by atoms with van der Waals surface area (Å²) in [4.78, 5) is 53.2. The molecule has 1 aromatic heterocycles. The van der Waals surface area contributed by atoms with Gasteiger partial charge in [-0.1, -0.05) is 19.1 Å². The standard InChI is InChI=1S/C23H24N2O5S/c1-4-30-23(29)18-16-10-9-12(2)11-17(16)31-20(18)24-19(26)13(3)25-21(27)14-7-5-6-8-15(14)22(25)28/h5-8,12-13H,4,9-11H2,1-3H3,(H,24,26)/t12-,13-/m0/s1. The molecule has 1 aliphatic heterocycles. The van der Waals surface area contributed by atoms with E-state index in [4.69, 9.17) is 4.74 Å². The van der Waals surface area contributed by atoms with E-state index < -0.39 is 29.7 Å². The molecule has 31 heavy (non-hydrogen) atoms. The van der Waals surface area contributed by atoms with Gasteiger partial charge in [0.15, 0.2) is 0 Å². The maximum atomic E-state index is 13.0. The number of nitrogens with one attached hydrogen (secondary N) is 1. The largest absolute Gasteiger partial charge is 0.462 e. The zero-order valence-electron chi connectivity index (χ0n) is 17.7. The lowest BCUT2D eigenvalue weighted by Gasteiger charge is -2.21. The van der Waals surface area contributed by atoms with Crippen LogP contribution in [0.5, 0.6) is 0 Å². The van der Waals surface area contributed by atoms with Crippen molar-refractivity contribution in [3.63, 3.8) is 0 Å². The topological polar surface area (TPSA) is 92.8 Å². The van der Waals surface area contributed by atoms with E-state index in [1.54, 1.807) is 31.2 Å². The number of hydrogen-bond acceptors (Lipinski definition) is 6. The Hall–Kier alpha value is -3.00. The Balaban J connectivity index is 1.61. The van der Waals surface area contributed by atoms with Crippen molar-refractivity contribution in [1.29, 1.82) is 0 Å². The van der Waals surface area contributed by atoms with Crippen LogP contribution in [0, 0.1) is 5.92 Å². The highest BCUT2D eigenvalue weighted by molar-refractivity contribution is 7.17. The molecule has 7 nitrogen and oxygen atoms in total. The van der Waals surface area contributed by atoms with Gasteiger partial charge in [-0.05, 0) is 56.7 Å². The van der Waals surface area contributed by atoms with Gasteiger partial charge in [-0.3, -0.25) is 19.3 Å². The molecule has 0 unspecified atom stereocenters. The first kappa shape index (κ1) is 21.2. The van der Waals surface area contributed by atoms with Crippen molar-refractivity contribution in [2.75, 3.05) is 11.9 Å². The molecule has 0 fully saturated rings. The van der Waals surface area contributed by atoms with Crippen LogP contribution in [0.15, 0.2) is 24.3 Å². The van der Waals surface area contributed by atoms with E-state index in [2.05, 4.69) is 12.2 Å². The second-order valence-electron chi connectivity index (χ2n) is 7.97. The van der Waals surface area contributed by atoms with E-state index >= 15 is 0 Å². The van der Waals surface area contributed by atoms with Gasteiger partial charge in [-0.25, -0.2) is 4.79 Å². The maximum Gasteiger partial charge on any atom is 0.341 e. The second-order valence-corrected chi connectivity index (χ2v) is 9.07. The molecule has 0 bridgehead atoms. The van der Waals surface area contributed by atoms with Crippen molar-refractivity contribution >= 4 is 40.0 Å². The molecule has 2 aliphatic rings. The van der Waals surface area contributed by atoms with E-state index in [1.807, 2.05) is 0 Å². The number of benzene rings is 1. The van der Waals surface area contributed by atoms with E-state index in [-0.39, 0.29) is 6.61 Å². The van der Waals surface area contributed by atoms with Crippen molar-refractivity contribution in [3.8, 4) is 0 Å². The van der Waals surface area contributed by atoms with Gasteiger partial charge in [0, 0.05) is 4.88 Å². The molecule has 1 aromatic carbocycles. The molecule has 2 aromatic rings. The number of carbonyl (C=O) groups is 4. The van der Waals surface area contributed by atoms with E-state index in [1.165, 1.54) is 18.3 Å². The summed E-state index contributed by atoms with van der Waals surface area (Å²) in [5.74, 6) is -1.46. The van der Waals surface area contributed by atoms with Gasteiger partial charge in [-0.15, -0.1) is 11.3 Å². The van der Waals surface area contributed by atoms with Crippen LogP contribution in [0.25, 0.3) is 0 Å². The first-order valence-corrected chi connectivity index (χ1v) is 11.2. The highest BCUT2D eigenvalue weighted by atomic mass is 32.1. The Labute approximate surface area is 184 Å². The minimum Gasteiger partial charge on any atom is -0.462 e. The fraction of sp³-hybridized carbons (Fsp3) is 0.391.